The Hall–Kier alpha value is -2.15. The predicted molar refractivity (Wildman–Crippen MR) is 110 cm³/mol. The minimum atomic E-state index is 0. The summed E-state index contributed by atoms with van der Waals surface area (Å²) in [5, 5.41) is 8.06. The summed E-state index contributed by atoms with van der Waals surface area (Å²) in [5.74, 6) is 2.27. The fraction of sp³-hybridized carbons (Fsp3) is 0.429. The van der Waals surface area contributed by atoms with Gasteiger partial charge in [-0.2, -0.15) is 0 Å². The molecular weight excluding hydrogens is 376 g/mol. The SMILES string of the molecule is COc1ccc([C@@H]2[C@@H]3CN(Cc4cccc5nonc45)C[C@@H]3CN2C)cc1.Cl. The number of halogens is 1. The second-order valence-corrected chi connectivity index (χ2v) is 7.82. The molecule has 2 saturated heterocycles. The molecule has 3 aromatic rings. The molecule has 3 atom stereocenters. The van der Waals surface area contributed by atoms with Gasteiger partial charge in [0.2, 0.25) is 0 Å². The van der Waals surface area contributed by atoms with Crippen molar-refractivity contribution < 1.29 is 9.37 Å². The van der Waals surface area contributed by atoms with E-state index >= 15 is 0 Å². The van der Waals surface area contributed by atoms with Crippen LogP contribution in [0.25, 0.3) is 11.0 Å². The lowest BCUT2D eigenvalue weighted by Crippen LogP contribution is -2.29. The summed E-state index contributed by atoms with van der Waals surface area (Å²) in [7, 11) is 3.96. The van der Waals surface area contributed by atoms with Gasteiger partial charge in [0.25, 0.3) is 0 Å². The maximum absolute atomic E-state index is 5.32. The average molecular weight is 401 g/mol. The Balaban J connectivity index is 0.00000192. The number of aromatic nitrogens is 2. The van der Waals surface area contributed by atoms with Gasteiger partial charge in [0.1, 0.15) is 16.8 Å². The fourth-order valence-corrected chi connectivity index (χ4v) is 5.01. The van der Waals surface area contributed by atoms with Crippen LogP contribution in [0.15, 0.2) is 47.1 Å². The van der Waals surface area contributed by atoms with Crippen molar-refractivity contribution in [2.45, 2.75) is 12.6 Å². The predicted octanol–water partition coefficient (Wildman–Crippen LogP) is 3.39. The second-order valence-electron chi connectivity index (χ2n) is 7.82. The smallest absolute Gasteiger partial charge is 0.139 e. The average Bonchev–Trinajstić information content (AvgIpc) is 3.36. The molecule has 0 aliphatic carbocycles. The van der Waals surface area contributed by atoms with Gasteiger partial charge in [0.05, 0.1) is 7.11 Å². The van der Waals surface area contributed by atoms with Crippen LogP contribution in [-0.2, 0) is 6.54 Å². The molecule has 2 fully saturated rings. The van der Waals surface area contributed by atoms with Gasteiger partial charge in [-0.15, -0.1) is 12.4 Å². The van der Waals surface area contributed by atoms with Crippen molar-refractivity contribution in [1.82, 2.24) is 20.1 Å². The van der Waals surface area contributed by atoms with Gasteiger partial charge >= 0.3 is 0 Å². The summed E-state index contributed by atoms with van der Waals surface area (Å²) < 4.78 is 10.2. The molecule has 2 aromatic carbocycles. The molecule has 0 saturated carbocycles. The maximum atomic E-state index is 5.32. The van der Waals surface area contributed by atoms with Gasteiger partial charge < -0.3 is 4.74 Å². The Morgan fingerprint density at radius 2 is 1.89 bits per heavy atom. The van der Waals surface area contributed by atoms with E-state index in [2.05, 4.69) is 57.5 Å². The lowest BCUT2D eigenvalue weighted by atomic mass is 9.89. The Morgan fingerprint density at radius 1 is 1.07 bits per heavy atom. The summed E-state index contributed by atoms with van der Waals surface area (Å²) >= 11 is 0. The van der Waals surface area contributed by atoms with Crippen LogP contribution >= 0.6 is 12.4 Å². The quantitative estimate of drug-likeness (QED) is 0.669. The van der Waals surface area contributed by atoms with E-state index in [-0.39, 0.29) is 12.4 Å². The van der Waals surface area contributed by atoms with Crippen molar-refractivity contribution in [3.8, 4) is 5.75 Å². The van der Waals surface area contributed by atoms with Crippen molar-refractivity contribution in [3.63, 3.8) is 0 Å². The Labute approximate surface area is 170 Å². The highest BCUT2D eigenvalue weighted by Crippen LogP contribution is 2.44. The van der Waals surface area contributed by atoms with Crippen LogP contribution in [0.3, 0.4) is 0 Å². The molecule has 2 aliphatic rings. The van der Waals surface area contributed by atoms with Gasteiger partial charge in [-0.25, -0.2) is 4.63 Å². The lowest BCUT2D eigenvalue weighted by Gasteiger charge is -2.27. The van der Waals surface area contributed by atoms with Crippen molar-refractivity contribution in [1.29, 1.82) is 0 Å². The number of benzene rings is 2. The molecule has 0 spiro atoms. The topological polar surface area (TPSA) is 54.6 Å². The zero-order valence-corrected chi connectivity index (χ0v) is 16.9. The number of methoxy groups -OCH3 is 1. The third-order valence-electron chi connectivity index (χ3n) is 6.19. The molecule has 148 valence electrons. The van der Waals surface area contributed by atoms with Crippen LogP contribution in [0.5, 0.6) is 5.75 Å². The molecule has 7 heteroatoms. The minimum absolute atomic E-state index is 0. The molecule has 0 bridgehead atoms. The summed E-state index contributed by atoms with van der Waals surface area (Å²) in [5.41, 5.74) is 4.31. The van der Waals surface area contributed by atoms with Gasteiger partial charge in [-0.05, 0) is 58.5 Å². The molecule has 1 aromatic heterocycles. The lowest BCUT2D eigenvalue weighted by molar-refractivity contribution is 0.224. The summed E-state index contributed by atoms with van der Waals surface area (Å²) in [6.07, 6.45) is 0. The van der Waals surface area contributed by atoms with Gasteiger partial charge in [0, 0.05) is 32.2 Å². The Morgan fingerprint density at radius 3 is 2.68 bits per heavy atom. The zero-order valence-electron chi connectivity index (χ0n) is 16.1. The van der Waals surface area contributed by atoms with Crippen LogP contribution in [-0.4, -0.2) is 53.9 Å². The van der Waals surface area contributed by atoms with E-state index in [1.54, 1.807) is 7.11 Å². The first kappa shape index (κ1) is 19.2. The molecule has 6 nitrogen and oxygen atoms in total. The second kappa shape index (κ2) is 7.70. The van der Waals surface area contributed by atoms with E-state index in [4.69, 9.17) is 9.37 Å². The number of rotatable bonds is 4. The molecular formula is C21H25ClN4O2. The van der Waals surface area contributed by atoms with Crippen molar-refractivity contribution in [3.05, 3.63) is 53.6 Å². The normalized spacial score (nSPS) is 25.0. The van der Waals surface area contributed by atoms with Crippen LogP contribution in [0.1, 0.15) is 17.2 Å². The summed E-state index contributed by atoms with van der Waals surface area (Å²) in [4.78, 5) is 5.07. The highest BCUT2D eigenvalue weighted by atomic mass is 35.5. The number of hydrogen-bond donors (Lipinski definition) is 0. The monoisotopic (exact) mass is 400 g/mol. The van der Waals surface area contributed by atoms with Gasteiger partial charge in [-0.3, -0.25) is 9.80 Å². The number of nitrogens with zero attached hydrogens (tertiary/aromatic N) is 4. The molecule has 28 heavy (non-hydrogen) atoms. The molecule has 2 aliphatic heterocycles. The van der Waals surface area contributed by atoms with Crippen molar-refractivity contribution in [2.75, 3.05) is 33.8 Å². The van der Waals surface area contributed by atoms with E-state index in [1.165, 1.54) is 11.1 Å². The van der Waals surface area contributed by atoms with Crippen LogP contribution in [0.2, 0.25) is 0 Å². The fourth-order valence-electron chi connectivity index (χ4n) is 5.01. The molecule has 3 heterocycles. The minimum Gasteiger partial charge on any atom is -0.497 e. The van der Waals surface area contributed by atoms with E-state index in [0.29, 0.717) is 17.9 Å². The number of ether oxygens (including phenoxy) is 1. The number of likely N-dealkylation sites (tertiary alicyclic amines) is 2. The first-order valence-electron chi connectivity index (χ1n) is 9.49. The largest absolute Gasteiger partial charge is 0.497 e. The summed E-state index contributed by atoms with van der Waals surface area (Å²) in [6.45, 7) is 4.28. The van der Waals surface area contributed by atoms with E-state index < -0.39 is 0 Å². The van der Waals surface area contributed by atoms with E-state index in [9.17, 15) is 0 Å². The van der Waals surface area contributed by atoms with Crippen LogP contribution < -0.4 is 4.74 Å². The molecule has 0 unspecified atom stereocenters. The Bertz CT molecular complexity index is 945. The first-order valence-corrected chi connectivity index (χ1v) is 9.49. The van der Waals surface area contributed by atoms with Crippen LogP contribution in [0.4, 0.5) is 0 Å². The van der Waals surface area contributed by atoms with Crippen molar-refractivity contribution in [2.24, 2.45) is 11.8 Å². The molecule has 5 rings (SSSR count). The molecule has 0 amide bonds. The first-order chi connectivity index (χ1) is 13.2. The number of fused-ring (bicyclic) bond motifs is 2. The molecule has 0 N–H and O–H groups in total. The number of hydrogen-bond acceptors (Lipinski definition) is 6. The highest BCUT2D eigenvalue weighted by molar-refractivity contribution is 5.85. The maximum Gasteiger partial charge on any atom is 0.139 e. The van der Waals surface area contributed by atoms with E-state index in [0.717, 1.165) is 43.0 Å². The van der Waals surface area contributed by atoms with E-state index in [1.807, 2.05) is 12.1 Å². The third-order valence-corrected chi connectivity index (χ3v) is 6.19. The van der Waals surface area contributed by atoms with Crippen LogP contribution in [0, 0.1) is 11.8 Å². The standard InChI is InChI=1S/C21H24N4O2.ClH/c1-24-10-16-12-25(11-15-4-3-5-19-20(15)23-27-22-19)13-18(16)21(24)14-6-8-17(26-2)9-7-14;/h3-9,16,18,21H,10-13H2,1-2H3;1H/t16-,18+,21+;/m0./s1. The zero-order chi connectivity index (χ0) is 18.4. The van der Waals surface area contributed by atoms with Crippen molar-refractivity contribution >= 4 is 23.4 Å². The third kappa shape index (κ3) is 3.26. The van der Waals surface area contributed by atoms with Gasteiger partial charge in [0.15, 0.2) is 0 Å². The Kier molecular flexibility index (Phi) is 5.27. The molecule has 0 radical (unpaired) electrons. The van der Waals surface area contributed by atoms with Gasteiger partial charge in [-0.1, -0.05) is 24.3 Å². The summed E-state index contributed by atoms with van der Waals surface area (Å²) in [6, 6.07) is 15.2. The highest BCUT2D eigenvalue weighted by Gasteiger charge is 2.45.